The number of benzene rings is 1. The molecule has 0 amide bonds. The molecule has 0 saturated heterocycles. The van der Waals surface area contributed by atoms with Crippen LogP contribution in [0.1, 0.15) is 0 Å². The van der Waals surface area contributed by atoms with Gasteiger partial charge >= 0.3 is 0 Å². The summed E-state index contributed by atoms with van der Waals surface area (Å²) in [6.07, 6.45) is 5.42. The van der Waals surface area contributed by atoms with E-state index in [9.17, 15) is 0 Å². The first-order valence-electron chi connectivity index (χ1n) is 6.36. The number of nitrogens with zero attached hydrogens (tertiary/aromatic N) is 4. The van der Waals surface area contributed by atoms with E-state index in [-0.39, 0.29) is 0 Å². The first-order chi connectivity index (χ1) is 10.3. The molecule has 6 heteroatoms. The number of rotatable bonds is 2. The van der Waals surface area contributed by atoms with Crippen molar-refractivity contribution in [3.05, 3.63) is 55.0 Å². The number of fused-ring (bicyclic) bond motifs is 1. The highest BCUT2D eigenvalue weighted by atomic mass is 32.1. The fourth-order valence-electron chi connectivity index (χ4n) is 2.16. The van der Waals surface area contributed by atoms with E-state index >= 15 is 0 Å². The summed E-state index contributed by atoms with van der Waals surface area (Å²) >= 11 is 5.83. The highest BCUT2D eigenvalue weighted by molar-refractivity contribution is 7.78. The normalized spacial score (nSPS) is 11.1. The number of hydrogen-bond acceptors (Lipinski definition) is 5. The Balaban J connectivity index is 1.82. The fourth-order valence-corrected chi connectivity index (χ4v) is 3.32. The van der Waals surface area contributed by atoms with Crippen LogP contribution in [0.15, 0.2) is 55.0 Å². The first-order valence-corrected chi connectivity index (χ1v) is 7.57. The Morgan fingerprint density at radius 2 is 2.05 bits per heavy atom. The third kappa shape index (κ3) is 2.32. The van der Waals surface area contributed by atoms with Crippen LogP contribution < -0.4 is 0 Å². The molecule has 3 heterocycles. The van der Waals surface area contributed by atoms with E-state index in [2.05, 4.69) is 33.9 Å². The van der Waals surface area contributed by atoms with Gasteiger partial charge in [-0.25, -0.2) is 9.07 Å². The maximum absolute atomic E-state index is 4.66. The van der Waals surface area contributed by atoms with Crippen molar-refractivity contribution >= 4 is 34.4 Å². The zero-order valence-electron chi connectivity index (χ0n) is 10.8. The monoisotopic (exact) mass is 310 g/mol. The van der Waals surface area contributed by atoms with Crippen molar-refractivity contribution in [1.29, 1.82) is 0 Å². The minimum Gasteiger partial charge on any atom is -0.264 e. The topological polar surface area (TPSA) is 43.6 Å². The summed E-state index contributed by atoms with van der Waals surface area (Å²) in [5, 5.41) is 5.29. The van der Waals surface area contributed by atoms with Crippen LogP contribution in [0.25, 0.3) is 32.0 Å². The molecule has 4 rings (SSSR count). The lowest BCUT2D eigenvalue weighted by atomic mass is 10.1. The van der Waals surface area contributed by atoms with Crippen molar-refractivity contribution in [2.45, 2.75) is 0 Å². The molecule has 0 atom stereocenters. The summed E-state index contributed by atoms with van der Waals surface area (Å²) in [6, 6.07) is 12.1. The minimum atomic E-state index is 0.906. The molecule has 0 bridgehead atoms. The summed E-state index contributed by atoms with van der Waals surface area (Å²) in [5.74, 6) is 0. The quantitative estimate of drug-likeness (QED) is 0.571. The van der Waals surface area contributed by atoms with E-state index in [1.54, 1.807) is 17.5 Å². The Kier molecular flexibility index (Phi) is 2.98. The molecule has 0 aliphatic heterocycles. The minimum absolute atomic E-state index is 0.906. The smallest absolute Gasteiger partial charge is 0.126 e. The van der Waals surface area contributed by atoms with Crippen LogP contribution in [-0.4, -0.2) is 19.2 Å². The fraction of sp³-hybridized carbons (Fsp3) is 0. The second kappa shape index (κ2) is 4.98. The van der Waals surface area contributed by atoms with Crippen LogP contribution in [-0.2, 0) is 0 Å². The number of thiazole rings is 1. The average Bonchev–Trinajstić information content (AvgIpc) is 3.13. The third-order valence-corrected chi connectivity index (χ3v) is 4.46. The molecule has 0 unspecified atom stereocenters. The molecule has 4 nitrogen and oxygen atoms in total. The maximum atomic E-state index is 4.66. The van der Waals surface area contributed by atoms with Crippen molar-refractivity contribution in [3.63, 3.8) is 0 Å². The van der Waals surface area contributed by atoms with Gasteiger partial charge in [0.2, 0.25) is 0 Å². The van der Waals surface area contributed by atoms with Crippen molar-refractivity contribution in [2.24, 2.45) is 0 Å². The standard InChI is InChI=1S/C15H10N4S2/c20-19-7-5-12(18-19)10-3-4-13-14(8-10)21-15(17-13)11-2-1-6-16-9-11/h1-9,20H. The van der Waals surface area contributed by atoms with Gasteiger partial charge in [-0.15, -0.1) is 11.3 Å². The zero-order valence-corrected chi connectivity index (χ0v) is 12.6. The lowest BCUT2D eigenvalue weighted by Gasteiger charge is -1.95. The number of aromatic nitrogens is 4. The molecule has 0 aliphatic rings. The van der Waals surface area contributed by atoms with Crippen LogP contribution in [0.5, 0.6) is 0 Å². The molecule has 3 aromatic heterocycles. The molecule has 21 heavy (non-hydrogen) atoms. The second-order valence-corrected chi connectivity index (χ2v) is 6.01. The van der Waals surface area contributed by atoms with Gasteiger partial charge in [-0.2, -0.15) is 5.10 Å². The summed E-state index contributed by atoms with van der Waals surface area (Å²) < 4.78 is 2.65. The van der Waals surface area contributed by atoms with Crippen molar-refractivity contribution in [2.75, 3.05) is 0 Å². The van der Waals surface area contributed by atoms with E-state index in [0.717, 1.165) is 32.0 Å². The van der Waals surface area contributed by atoms with E-state index in [1.807, 2.05) is 42.7 Å². The molecule has 0 fully saturated rings. The van der Waals surface area contributed by atoms with Gasteiger partial charge in [0.15, 0.2) is 0 Å². The van der Waals surface area contributed by atoms with E-state index in [4.69, 9.17) is 0 Å². The van der Waals surface area contributed by atoms with Crippen LogP contribution in [0, 0.1) is 0 Å². The van der Waals surface area contributed by atoms with E-state index < -0.39 is 0 Å². The van der Waals surface area contributed by atoms with E-state index in [0.29, 0.717) is 0 Å². The van der Waals surface area contributed by atoms with Crippen molar-refractivity contribution < 1.29 is 0 Å². The Hall–Kier alpha value is -2.18. The highest BCUT2D eigenvalue weighted by Gasteiger charge is 2.08. The zero-order chi connectivity index (χ0) is 14.2. The van der Waals surface area contributed by atoms with Gasteiger partial charge in [0.05, 0.1) is 15.9 Å². The molecule has 0 aliphatic carbocycles. The average molecular weight is 310 g/mol. The Labute approximate surface area is 130 Å². The number of thiol groups is 1. The maximum Gasteiger partial charge on any atom is 0.126 e. The summed E-state index contributed by atoms with van der Waals surface area (Å²) in [4.78, 5) is 8.81. The molecule has 0 radical (unpaired) electrons. The lowest BCUT2D eigenvalue weighted by molar-refractivity contribution is 1.02. The highest BCUT2D eigenvalue weighted by Crippen LogP contribution is 2.32. The molecule has 4 aromatic rings. The molecule has 0 saturated carbocycles. The van der Waals surface area contributed by atoms with Crippen LogP contribution in [0.2, 0.25) is 0 Å². The van der Waals surface area contributed by atoms with Gasteiger partial charge in [-0.3, -0.25) is 4.98 Å². The van der Waals surface area contributed by atoms with Gasteiger partial charge in [-0.1, -0.05) is 6.07 Å². The molecule has 0 spiro atoms. The largest absolute Gasteiger partial charge is 0.264 e. The number of pyridine rings is 1. The molecule has 102 valence electrons. The van der Waals surface area contributed by atoms with E-state index in [1.165, 1.54) is 4.09 Å². The molecular weight excluding hydrogens is 300 g/mol. The summed E-state index contributed by atoms with van der Waals surface area (Å²) in [7, 11) is 0. The number of hydrogen-bond donors (Lipinski definition) is 1. The SMILES string of the molecule is Sn1ccc(-c2ccc3nc(-c4cccnc4)sc3c2)n1. The Bertz CT molecular complexity index is 912. The van der Waals surface area contributed by atoms with Gasteiger partial charge in [0.25, 0.3) is 0 Å². The lowest BCUT2D eigenvalue weighted by Crippen LogP contribution is -1.82. The van der Waals surface area contributed by atoms with Crippen LogP contribution in [0.3, 0.4) is 0 Å². The van der Waals surface area contributed by atoms with Crippen molar-refractivity contribution in [3.8, 4) is 21.8 Å². The van der Waals surface area contributed by atoms with Crippen molar-refractivity contribution in [1.82, 2.24) is 19.2 Å². The van der Waals surface area contributed by atoms with Gasteiger partial charge < -0.3 is 0 Å². The van der Waals surface area contributed by atoms with Crippen LogP contribution in [0.4, 0.5) is 0 Å². The van der Waals surface area contributed by atoms with Gasteiger partial charge in [0.1, 0.15) is 5.01 Å². The second-order valence-electron chi connectivity index (χ2n) is 4.56. The predicted molar refractivity (Wildman–Crippen MR) is 88.5 cm³/mol. The first kappa shape index (κ1) is 12.6. The van der Waals surface area contributed by atoms with Gasteiger partial charge in [0, 0.05) is 29.7 Å². The summed E-state index contributed by atoms with van der Waals surface area (Å²) in [5.41, 5.74) is 4.01. The molecule has 1 aromatic carbocycles. The Morgan fingerprint density at radius 3 is 2.81 bits per heavy atom. The Morgan fingerprint density at radius 1 is 1.10 bits per heavy atom. The molecule has 0 N–H and O–H groups in total. The third-order valence-electron chi connectivity index (χ3n) is 3.17. The predicted octanol–water partition coefficient (Wildman–Crippen LogP) is 3.91. The summed E-state index contributed by atoms with van der Waals surface area (Å²) in [6.45, 7) is 0. The molecular formula is C15H10N4S2. The van der Waals surface area contributed by atoms with Gasteiger partial charge in [-0.05, 0) is 43.1 Å². The van der Waals surface area contributed by atoms with Crippen LogP contribution >= 0.6 is 24.2 Å².